The molecule has 1 atom stereocenters. The summed E-state index contributed by atoms with van der Waals surface area (Å²) in [6, 6.07) is 7.36. The number of aliphatic hydroxyl groups excluding tert-OH is 1. The summed E-state index contributed by atoms with van der Waals surface area (Å²) in [5.74, 6) is -0.296. The Labute approximate surface area is 120 Å². The van der Waals surface area contributed by atoms with Crippen LogP contribution in [0.4, 0.5) is 0 Å². The lowest BCUT2D eigenvalue weighted by atomic mass is 10.2. The zero-order chi connectivity index (χ0) is 13.8. The maximum atomic E-state index is 11.8. The lowest BCUT2D eigenvalue weighted by molar-refractivity contribution is 0.0920. The second-order valence-electron chi connectivity index (χ2n) is 4.08. The van der Waals surface area contributed by atoms with Crippen LogP contribution in [-0.4, -0.2) is 28.6 Å². The number of hydrogen-bond donors (Lipinski definition) is 2. The van der Waals surface area contributed by atoms with E-state index in [4.69, 9.17) is 16.7 Å². The number of benzene rings is 1. The molecule has 1 aromatic heterocycles. The van der Waals surface area contributed by atoms with Gasteiger partial charge in [-0.05, 0) is 13.0 Å². The van der Waals surface area contributed by atoms with E-state index in [1.807, 2.05) is 18.2 Å². The topological polar surface area (TPSA) is 62.2 Å². The average molecular weight is 297 g/mol. The first kappa shape index (κ1) is 14.0. The molecule has 2 aromatic rings. The maximum Gasteiger partial charge on any atom is 0.270 e. The van der Waals surface area contributed by atoms with Crippen LogP contribution in [0.1, 0.15) is 17.4 Å². The highest BCUT2D eigenvalue weighted by atomic mass is 35.5. The number of nitrogens with zero attached hydrogens (tertiary/aromatic N) is 1. The molecule has 1 unspecified atom stereocenters. The summed E-state index contributed by atoms with van der Waals surface area (Å²) >= 11 is 7.44. The van der Waals surface area contributed by atoms with E-state index >= 15 is 0 Å². The fourth-order valence-electron chi connectivity index (χ4n) is 1.47. The van der Waals surface area contributed by atoms with E-state index < -0.39 is 6.10 Å². The Morgan fingerprint density at radius 2 is 2.26 bits per heavy atom. The summed E-state index contributed by atoms with van der Waals surface area (Å²) in [6.45, 7) is 1.81. The summed E-state index contributed by atoms with van der Waals surface area (Å²) in [7, 11) is 0. The summed E-state index contributed by atoms with van der Waals surface area (Å²) in [6.07, 6.45) is -0.578. The molecule has 0 aliphatic heterocycles. The van der Waals surface area contributed by atoms with Crippen molar-refractivity contribution in [1.82, 2.24) is 10.3 Å². The smallest absolute Gasteiger partial charge is 0.270 e. The Morgan fingerprint density at radius 1 is 1.53 bits per heavy atom. The molecule has 0 aliphatic rings. The molecule has 100 valence electrons. The van der Waals surface area contributed by atoms with Crippen LogP contribution >= 0.6 is 22.9 Å². The third kappa shape index (κ3) is 3.53. The van der Waals surface area contributed by atoms with Crippen LogP contribution in [0, 0.1) is 0 Å². The molecule has 0 saturated heterocycles. The fourth-order valence-corrected chi connectivity index (χ4v) is 2.59. The number of halogens is 1. The van der Waals surface area contributed by atoms with Gasteiger partial charge in [-0.15, -0.1) is 11.3 Å². The predicted molar refractivity (Wildman–Crippen MR) is 76.6 cm³/mol. The van der Waals surface area contributed by atoms with Crippen molar-refractivity contribution in [3.8, 4) is 10.6 Å². The number of carbonyl (C=O) groups excluding carboxylic acids is 1. The lowest BCUT2D eigenvalue weighted by Crippen LogP contribution is -2.30. The summed E-state index contributed by atoms with van der Waals surface area (Å²) in [5.41, 5.74) is 1.14. The molecule has 0 bridgehead atoms. The molecule has 0 aliphatic carbocycles. The number of aliphatic hydroxyl groups is 1. The van der Waals surface area contributed by atoms with Gasteiger partial charge in [0.15, 0.2) is 0 Å². The van der Waals surface area contributed by atoms with Gasteiger partial charge in [-0.2, -0.15) is 0 Å². The second kappa shape index (κ2) is 6.14. The average Bonchev–Trinajstić information content (AvgIpc) is 2.86. The van der Waals surface area contributed by atoms with Gasteiger partial charge in [0.2, 0.25) is 0 Å². The highest BCUT2D eigenvalue weighted by Crippen LogP contribution is 2.29. The van der Waals surface area contributed by atoms with E-state index in [1.165, 1.54) is 11.3 Å². The van der Waals surface area contributed by atoms with Crippen LogP contribution in [0.15, 0.2) is 29.6 Å². The molecule has 0 spiro atoms. The number of thiazole rings is 1. The van der Waals surface area contributed by atoms with Gasteiger partial charge in [0.25, 0.3) is 5.91 Å². The molecule has 4 nitrogen and oxygen atoms in total. The third-order valence-electron chi connectivity index (χ3n) is 2.40. The maximum absolute atomic E-state index is 11.8. The molecule has 0 radical (unpaired) electrons. The van der Waals surface area contributed by atoms with Gasteiger partial charge >= 0.3 is 0 Å². The van der Waals surface area contributed by atoms with Crippen LogP contribution in [0.5, 0.6) is 0 Å². The second-order valence-corrected chi connectivity index (χ2v) is 5.34. The molecule has 1 amide bonds. The van der Waals surface area contributed by atoms with Gasteiger partial charge in [0.1, 0.15) is 10.7 Å². The molecule has 1 aromatic carbocycles. The SMILES string of the molecule is CC(O)CNC(=O)c1csc(-c2ccccc2Cl)n1. The van der Waals surface area contributed by atoms with Gasteiger partial charge in [-0.25, -0.2) is 4.98 Å². The number of amides is 1. The fraction of sp³-hybridized carbons (Fsp3) is 0.231. The van der Waals surface area contributed by atoms with Crippen LogP contribution in [-0.2, 0) is 0 Å². The Bertz CT molecular complexity index is 584. The van der Waals surface area contributed by atoms with Crippen molar-refractivity contribution in [2.45, 2.75) is 13.0 Å². The van der Waals surface area contributed by atoms with Crippen LogP contribution < -0.4 is 5.32 Å². The van der Waals surface area contributed by atoms with Crippen molar-refractivity contribution in [2.75, 3.05) is 6.54 Å². The van der Waals surface area contributed by atoms with E-state index in [-0.39, 0.29) is 12.5 Å². The van der Waals surface area contributed by atoms with E-state index in [0.717, 1.165) is 5.56 Å². The molecule has 0 fully saturated rings. The number of hydrogen-bond acceptors (Lipinski definition) is 4. The van der Waals surface area contributed by atoms with E-state index in [1.54, 1.807) is 18.4 Å². The molecule has 2 N–H and O–H groups in total. The summed E-state index contributed by atoms with van der Waals surface area (Å²) < 4.78 is 0. The normalized spacial score (nSPS) is 12.2. The Hall–Kier alpha value is -1.43. The largest absolute Gasteiger partial charge is 0.392 e. The lowest BCUT2D eigenvalue weighted by Gasteiger charge is -2.04. The summed E-state index contributed by atoms with van der Waals surface area (Å²) in [5, 5.41) is 14.7. The highest BCUT2D eigenvalue weighted by Gasteiger charge is 2.13. The monoisotopic (exact) mass is 296 g/mol. The van der Waals surface area contributed by atoms with Crippen molar-refractivity contribution in [1.29, 1.82) is 0 Å². The third-order valence-corrected chi connectivity index (χ3v) is 3.60. The van der Waals surface area contributed by atoms with Gasteiger partial charge in [-0.3, -0.25) is 4.79 Å². The van der Waals surface area contributed by atoms with Crippen molar-refractivity contribution in [3.05, 3.63) is 40.4 Å². The van der Waals surface area contributed by atoms with Crippen molar-refractivity contribution >= 4 is 28.8 Å². The molecule has 6 heteroatoms. The van der Waals surface area contributed by atoms with Gasteiger partial charge in [0, 0.05) is 17.5 Å². The minimum absolute atomic E-state index is 0.206. The van der Waals surface area contributed by atoms with Crippen molar-refractivity contribution in [2.24, 2.45) is 0 Å². The number of rotatable bonds is 4. The zero-order valence-corrected chi connectivity index (χ0v) is 11.8. The number of aromatic nitrogens is 1. The summed E-state index contributed by atoms with van der Waals surface area (Å²) in [4.78, 5) is 16.0. The zero-order valence-electron chi connectivity index (χ0n) is 10.3. The molecule has 0 saturated carbocycles. The molecule has 2 rings (SSSR count). The molecule has 1 heterocycles. The molecular weight excluding hydrogens is 284 g/mol. The van der Waals surface area contributed by atoms with Crippen LogP contribution in [0.25, 0.3) is 10.6 Å². The Kier molecular flexibility index (Phi) is 4.52. The Morgan fingerprint density at radius 3 is 2.95 bits per heavy atom. The standard InChI is InChI=1S/C13H13ClN2O2S/c1-8(17)6-15-12(18)11-7-19-13(16-11)9-4-2-3-5-10(9)14/h2-5,7-8,17H,6H2,1H3,(H,15,18). The number of nitrogens with one attached hydrogen (secondary N) is 1. The highest BCUT2D eigenvalue weighted by molar-refractivity contribution is 7.13. The van der Waals surface area contributed by atoms with Crippen LogP contribution in [0.2, 0.25) is 5.02 Å². The Balaban J connectivity index is 2.15. The van der Waals surface area contributed by atoms with Crippen molar-refractivity contribution in [3.63, 3.8) is 0 Å². The first-order valence-corrected chi connectivity index (χ1v) is 7.00. The number of carbonyl (C=O) groups is 1. The van der Waals surface area contributed by atoms with E-state index in [9.17, 15) is 4.79 Å². The predicted octanol–water partition coefficient (Wildman–Crippen LogP) is 2.57. The first-order valence-electron chi connectivity index (χ1n) is 5.74. The minimum atomic E-state index is -0.578. The van der Waals surface area contributed by atoms with E-state index in [2.05, 4.69) is 10.3 Å². The minimum Gasteiger partial charge on any atom is -0.392 e. The van der Waals surface area contributed by atoms with Gasteiger partial charge in [0.05, 0.1) is 11.1 Å². The van der Waals surface area contributed by atoms with Crippen LogP contribution in [0.3, 0.4) is 0 Å². The molecule has 19 heavy (non-hydrogen) atoms. The quantitative estimate of drug-likeness (QED) is 0.911. The van der Waals surface area contributed by atoms with Gasteiger partial charge in [-0.1, -0.05) is 29.8 Å². The van der Waals surface area contributed by atoms with Gasteiger partial charge < -0.3 is 10.4 Å². The van der Waals surface area contributed by atoms with E-state index in [0.29, 0.717) is 15.7 Å². The molecular formula is C13H13ClN2O2S. The first-order chi connectivity index (χ1) is 9.08. The van der Waals surface area contributed by atoms with Crippen molar-refractivity contribution < 1.29 is 9.90 Å².